The molecular weight excluding hydrogens is 375 g/mol. The first-order valence-corrected chi connectivity index (χ1v) is 9.08. The van der Waals surface area contributed by atoms with Gasteiger partial charge in [0.2, 0.25) is 0 Å². The molecule has 0 atom stereocenters. The van der Waals surface area contributed by atoms with E-state index < -0.39 is 5.82 Å². The number of hydrogen-bond acceptors (Lipinski definition) is 4. The third-order valence-electron chi connectivity index (χ3n) is 3.69. The molecule has 0 fully saturated rings. The zero-order valence-electron chi connectivity index (χ0n) is 13.6. The molecule has 0 saturated heterocycles. The van der Waals surface area contributed by atoms with Crippen molar-refractivity contribution in [3.63, 3.8) is 0 Å². The summed E-state index contributed by atoms with van der Waals surface area (Å²) < 4.78 is 14.4. The van der Waals surface area contributed by atoms with Gasteiger partial charge in [0.25, 0.3) is 5.56 Å². The number of thioether (sulfide) groups is 1. The van der Waals surface area contributed by atoms with Crippen LogP contribution in [0.15, 0.2) is 65.1 Å². The number of nitrogens with zero attached hydrogens (tertiary/aromatic N) is 2. The maximum atomic E-state index is 13.0. The molecule has 0 N–H and O–H groups in total. The predicted octanol–water partition coefficient (Wildman–Crippen LogP) is 4.35. The molecule has 4 nitrogen and oxygen atoms in total. The summed E-state index contributed by atoms with van der Waals surface area (Å²) >= 11 is 7.12. The minimum Gasteiger partial charge on any atom is -0.293 e. The lowest BCUT2D eigenvalue weighted by atomic mass is 10.1. The van der Waals surface area contributed by atoms with E-state index in [0.717, 1.165) is 11.8 Å². The van der Waals surface area contributed by atoms with Gasteiger partial charge in [-0.25, -0.2) is 9.37 Å². The second kappa shape index (κ2) is 7.85. The molecule has 2 aromatic carbocycles. The Morgan fingerprint density at radius 2 is 2.00 bits per heavy atom. The SMILES string of the molecule is C=CCn1c(SCC(=O)c2ccc(F)cc2)nc2ccc(Cl)cc2c1=O. The van der Waals surface area contributed by atoms with Gasteiger partial charge in [-0.15, -0.1) is 6.58 Å². The number of carbonyl (C=O) groups excluding carboxylic acids is 1. The summed E-state index contributed by atoms with van der Waals surface area (Å²) in [4.78, 5) is 29.5. The van der Waals surface area contributed by atoms with E-state index in [-0.39, 0.29) is 23.6 Å². The van der Waals surface area contributed by atoms with Crippen LogP contribution in [0.1, 0.15) is 10.4 Å². The Bertz CT molecular complexity index is 1050. The molecule has 3 aromatic rings. The smallest absolute Gasteiger partial charge is 0.262 e. The highest BCUT2D eigenvalue weighted by molar-refractivity contribution is 7.99. The van der Waals surface area contributed by atoms with Crippen molar-refractivity contribution >= 4 is 40.0 Å². The summed E-state index contributed by atoms with van der Waals surface area (Å²) in [5.74, 6) is -0.497. The molecule has 0 bridgehead atoms. The Labute approximate surface area is 158 Å². The van der Waals surface area contributed by atoms with Crippen LogP contribution in [-0.2, 0) is 6.54 Å². The van der Waals surface area contributed by atoms with Crippen LogP contribution in [0.2, 0.25) is 5.02 Å². The van der Waals surface area contributed by atoms with Crippen molar-refractivity contribution in [3.05, 3.63) is 81.9 Å². The number of halogens is 2. The van der Waals surface area contributed by atoms with Gasteiger partial charge in [0.1, 0.15) is 5.82 Å². The molecule has 0 unspecified atom stereocenters. The lowest BCUT2D eigenvalue weighted by molar-refractivity contribution is 0.102. The number of allylic oxidation sites excluding steroid dienone is 1. The molecule has 1 aromatic heterocycles. The van der Waals surface area contributed by atoms with Gasteiger partial charge in [0.05, 0.1) is 16.7 Å². The Balaban J connectivity index is 1.93. The van der Waals surface area contributed by atoms with Crippen molar-refractivity contribution in [1.82, 2.24) is 9.55 Å². The number of Topliss-reactive ketones (excluding diaryl/α,β-unsaturated/α-hetero) is 1. The van der Waals surface area contributed by atoms with Crippen LogP contribution >= 0.6 is 23.4 Å². The van der Waals surface area contributed by atoms with E-state index in [0.29, 0.717) is 26.6 Å². The average molecular weight is 389 g/mol. The minimum absolute atomic E-state index is 0.0777. The van der Waals surface area contributed by atoms with E-state index in [9.17, 15) is 14.0 Å². The number of hydrogen-bond donors (Lipinski definition) is 0. The molecule has 0 aliphatic carbocycles. The number of rotatable bonds is 6. The van der Waals surface area contributed by atoms with Gasteiger partial charge in [-0.05, 0) is 42.5 Å². The van der Waals surface area contributed by atoms with Crippen LogP contribution in [0.3, 0.4) is 0 Å². The molecule has 3 rings (SSSR count). The summed E-state index contributed by atoms with van der Waals surface area (Å²) in [7, 11) is 0. The summed E-state index contributed by atoms with van der Waals surface area (Å²) in [5, 5.41) is 1.28. The first kappa shape index (κ1) is 18.4. The number of benzene rings is 2. The Kier molecular flexibility index (Phi) is 5.54. The van der Waals surface area contributed by atoms with Crippen LogP contribution in [0.4, 0.5) is 4.39 Å². The number of aromatic nitrogens is 2. The largest absolute Gasteiger partial charge is 0.293 e. The quantitative estimate of drug-likeness (QED) is 0.272. The van der Waals surface area contributed by atoms with Crippen LogP contribution in [0, 0.1) is 5.82 Å². The Hall–Kier alpha value is -2.44. The molecule has 1 heterocycles. The van der Waals surface area contributed by atoms with Gasteiger partial charge in [0.15, 0.2) is 10.9 Å². The second-order valence-corrected chi connectivity index (χ2v) is 6.86. The topological polar surface area (TPSA) is 52.0 Å². The van der Waals surface area contributed by atoms with Crippen molar-refractivity contribution in [2.75, 3.05) is 5.75 Å². The molecule has 0 spiro atoms. The highest BCUT2D eigenvalue weighted by Gasteiger charge is 2.14. The summed E-state index contributed by atoms with van der Waals surface area (Å²) in [6, 6.07) is 10.3. The van der Waals surface area contributed by atoms with Crippen LogP contribution in [0.25, 0.3) is 10.9 Å². The van der Waals surface area contributed by atoms with E-state index in [1.54, 1.807) is 24.3 Å². The van der Waals surface area contributed by atoms with Crippen molar-refractivity contribution < 1.29 is 9.18 Å². The van der Waals surface area contributed by atoms with Gasteiger partial charge in [-0.3, -0.25) is 14.2 Å². The maximum absolute atomic E-state index is 13.0. The molecule has 0 radical (unpaired) electrons. The number of fused-ring (bicyclic) bond motifs is 1. The van der Waals surface area contributed by atoms with Gasteiger partial charge in [-0.1, -0.05) is 29.4 Å². The lowest BCUT2D eigenvalue weighted by Gasteiger charge is -2.11. The third-order valence-corrected chi connectivity index (χ3v) is 4.90. The Morgan fingerprint density at radius 3 is 2.69 bits per heavy atom. The van der Waals surface area contributed by atoms with E-state index >= 15 is 0 Å². The molecular formula is C19H14ClFN2O2S. The van der Waals surface area contributed by atoms with E-state index in [4.69, 9.17) is 11.6 Å². The molecule has 132 valence electrons. The first-order valence-electron chi connectivity index (χ1n) is 7.72. The van der Waals surface area contributed by atoms with Gasteiger partial charge in [0, 0.05) is 17.1 Å². The van der Waals surface area contributed by atoms with Gasteiger partial charge < -0.3 is 0 Å². The summed E-state index contributed by atoms with van der Waals surface area (Å²) in [6.07, 6.45) is 1.59. The van der Waals surface area contributed by atoms with Gasteiger partial charge >= 0.3 is 0 Å². The fourth-order valence-electron chi connectivity index (χ4n) is 2.42. The Morgan fingerprint density at radius 1 is 1.27 bits per heavy atom. The van der Waals surface area contributed by atoms with Gasteiger partial charge in [-0.2, -0.15) is 0 Å². The fraction of sp³-hybridized carbons (Fsp3) is 0.105. The van der Waals surface area contributed by atoms with Crippen molar-refractivity contribution in [2.24, 2.45) is 0 Å². The maximum Gasteiger partial charge on any atom is 0.262 e. The fourth-order valence-corrected chi connectivity index (χ4v) is 3.50. The molecule has 0 aliphatic rings. The lowest BCUT2D eigenvalue weighted by Crippen LogP contribution is -2.23. The van der Waals surface area contributed by atoms with Crippen LogP contribution in [0.5, 0.6) is 0 Å². The minimum atomic E-state index is -0.399. The first-order chi connectivity index (χ1) is 12.5. The molecule has 7 heteroatoms. The number of ketones is 1. The highest BCUT2D eigenvalue weighted by atomic mass is 35.5. The monoisotopic (exact) mass is 388 g/mol. The molecule has 26 heavy (non-hydrogen) atoms. The van der Waals surface area contributed by atoms with E-state index in [1.165, 1.54) is 28.8 Å². The van der Waals surface area contributed by atoms with Crippen molar-refractivity contribution in [2.45, 2.75) is 11.7 Å². The normalized spacial score (nSPS) is 10.8. The van der Waals surface area contributed by atoms with Crippen LogP contribution in [-0.4, -0.2) is 21.1 Å². The zero-order valence-corrected chi connectivity index (χ0v) is 15.2. The number of carbonyl (C=O) groups is 1. The standard InChI is InChI=1S/C19H14ClFN2O2S/c1-2-9-23-18(25)15-10-13(20)5-8-16(15)22-19(23)26-11-17(24)12-3-6-14(21)7-4-12/h2-8,10H,1,9,11H2. The molecule has 0 saturated carbocycles. The summed E-state index contributed by atoms with van der Waals surface area (Å²) in [5.41, 5.74) is 0.676. The van der Waals surface area contributed by atoms with Crippen molar-refractivity contribution in [3.8, 4) is 0 Å². The third kappa shape index (κ3) is 3.86. The van der Waals surface area contributed by atoms with Crippen LogP contribution < -0.4 is 5.56 Å². The summed E-state index contributed by atoms with van der Waals surface area (Å²) in [6.45, 7) is 3.93. The predicted molar refractivity (Wildman–Crippen MR) is 103 cm³/mol. The second-order valence-electron chi connectivity index (χ2n) is 5.48. The molecule has 0 amide bonds. The van der Waals surface area contributed by atoms with Crippen molar-refractivity contribution in [1.29, 1.82) is 0 Å². The molecule has 0 aliphatic heterocycles. The average Bonchev–Trinajstić information content (AvgIpc) is 2.63. The van der Waals surface area contributed by atoms with E-state index in [1.807, 2.05) is 0 Å². The zero-order chi connectivity index (χ0) is 18.7. The highest BCUT2D eigenvalue weighted by Crippen LogP contribution is 2.21. The van der Waals surface area contributed by atoms with E-state index in [2.05, 4.69) is 11.6 Å².